The molecule has 2 atom stereocenters. The number of rotatable bonds is 5. The second-order valence-corrected chi connectivity index (χ2v) is 5.69. The minimum atomic E-state index is -0.521. The van der Waals surface area contributed by atoms with Crippen molar-refractivity contribution in [3.63, 3.8) is 0 Å². The molecule has 108 valence electrons. The van der Waals surface area contributed by atoms with Crippen molar-refractivity contribution >= 4 is 11.4 Å². The summed E-state index contributed by atoms with van der Waals surface area (Å²) in [7, 11) is 1.48. The number of piperidine rings is 1. The number of hydrogen-bond donors (Lipinski definition) is 2. The van der Waals surface area contributed by atoms with Crippen LogP contribution in [0.4, 0.5) is 10.1 Å². The number of anilines is 1. The van der Waals surface area contributed by atoms with Crippen LogP contribution in [-0.4, -0.2) is 36.9 Å². The Labute approximate surface area is 118 Å². The monoisotopic (exact) mass is 277 g/mol. The number of fused-ring (bicyclic) bond motifs is 1. The third-order valence-electron chi connectivity index (χ3n) is 4.45. The second kappa shape index (κ2) is 5.05. The zero-order valence-electron chi connectivity index (χ0n) is 11.7. The van der Waals surface area contributed by atoms with Crippen LogP contribution in [0.25, 0.3) is 0 Å². The average molecular weight is 277 g/mol. The lowest BCUT2D eigenvalue weighted by molar-refractivity contribution is 0.309. The van der Waals surface area contributed by atoms with E-state index in [-0.39, 0.29) is 5.69 Å². The fourth-order valence-electron chi connectivity index (χ4n) is 3.11. The summed E-state index contributed by atoms with van der Waals surface area (Å²) in [5.74, 6) is 0.774. The Hall–Kier alpha value is -1.62. The maximum absolute atomic E-state index is 13.7. The van der Waals surface area contributed by atoms with E-state index in [1.54, 1.807) is 6.07 Å². The molecule has 1 heterocycles. The topological polar surface area (TPSA) is 62.3 Å². The number of nitrogen functional groups attached to an aromatic ring is 1. The largest absolute Gasteiger partial charge is 0.497 e. The fourth-order valence-corrected chi connectivity index (χ4v) is 3.11. The number of likely N-dealkylation sites (tertiary alicyclic amines) is 1. The quantitative estimate of drug-likeness (QED) is 0.641. The molecule has 5 heteroatoms. The third-order valence-corrected chi connectivity index (χ3v) is 4.45. The molecule has 2 unspecified atom stereocenters. The number of halogens is 1. The first-order valence-electron chi connectivity index (χ1n) is 7.05. The summed E-state index contributed by atoms with van der Waals surface area (Å²) in [5.41, 5.74) is 6.62. The second-order valence-electron chi connectivity index (χ2n) is 5.69. The van der Waals surface area contributed by atoms with Crippen LogP contribution in [0.15, 0.2) is 12.1 Å². The van der Waals surface area contributed by atoms with Gasteiger partial charge in [-0.15, -0.1) is 0 Å². The van der Waals surface area contributed by atoms with Crippen LogP contribution in [0, 0.1) is 17.1 Å². The molecular formula is C15H20FN3O. The van der Waals surface area contributed by atoms with Gasteiger partial charge in [-0.1, -0.05) is 0 Å². The Balaban J connectivity index is 1.68. The number of hydrogen-bond acceptors (Lipinski definition) is 4. The Morgan fingerprint density at radius 2 is 2.35 bits per heavy atom. The Kier molecular flexibility index (Phi) is 3.38. The lowest BCUT2D eigenvalue weighted by Gasteiger charge is -2.18. The summed E-state index contributed by atoms with van der Waals surface area (Å²) in [6.07, 6.45) is 3.19. The van der Waals surface area contributed by atoms with Crippen molar-refractivity contribution in [1.29, 1.82) is 5.41 Å². The molecule has 3 N–H and O–H groups in total. The van der Waals surface area contributed by atoms with Crippen LogP contribution in [0.2, 0.25) is 0 Å². The van der Waals surface area contributed by atoms with Gasteiger partial charge in [-0.25, -0.2) is 4.39 Å². The van der Waals surface area contributed by atoms with Crippen molar-refractivity contribution in [2.24, 2.45) is 5.92 Å². The van der Waals surface area contributed by atoms with E-state index in [9.17, 15) is 4.39 Å². The van der Waals surface area contributed by atoms with Crippen LogP contribution >= 0.6 is 0 Å². The molecule has 0 amide bonds. The molecule has 1 aromatic rings. The number of methoxy groups -OCH3 is 1. The van der Waals surface area contributed by atoms with E-state index in [1.165, 1.54) is 26.0 Å². The molecule has 1 aliphatic heterocycles. The predicted octanol–water partition coefficient (Wildman–Crippen LogP) is 2.27. The van der Waals surface area contributed by atoms with Gasteiger partial charge in [0, 0.05) is 36.3 Å². The lowest BCUT2D eigenvalue weighted by atomic mass is 10.0. The van der Waals surface area contributed by atoms with Crippen LogP contribution in [-0.2, 0) is 0 Å². The molecule has 0 aromatic heterocycles. The Morgan fingerprint density at radius 1 is 1.55 bits per heavy atom. The van der Waals surface area contributed by atoms with Crippen LogP contribution < -0.4 is 10.5 Å². The standard InChI is InChI=1S/C15H20FN3O/c1-20-10-7-11(15(18)12(16)8-10)13(17)3-5-19-4-2-9-6-14(9)19/h7-9,14,17H,2-6,18H2,1H3. The lowest BCUT2D eigenvalue weighted by Crippen LogP contribution is -2.26. The molecule has 0 bridgehead atoms. The van der Waals surface area contributed by atoms with E-state index in [4.69, 9.17) is 15.9 Å². The molecule has 2 fully saturated rings. The highest BCUT2D eigenvalue weighted by atomic mass is 19.1. The fraction of sp³-hybridized carbons (Fsp3) is 0.533. The van der Waals surface area contributed by atoms with Gasteiger partial charge < -0.3 is 15.9 Å². The summed E-state index contributed by atoms with van der Waals surface area (Å²) >= 11 is 0. The smallest absolute Gasteiger partial charge is 0.150 e. The first kappa shape index (κ1) is 13.4. The van der Waals surface area contributed by atoms with Gasteiger partial charge in [-0.3, -0.25) is 4.90 Å². The van der Waals surface area contributed by atoms with Crippen molar-refractivity contribution in [1.82, 2.24) is 4.90 Å². The molecule has 4 nitrogen and oxygen atoms in total. The van der Waals surface area contributed by atoms with Gasteiger partial charge in [-0.2, -0.15) is 0 Å². The number of benzene rings is 1. The van der Waals surface area contributed by atoms with E-state index in [2.05, 4.69) is 4.90 Å². The van der Waals surface area contributed by atoms with Crippen LogP contribution in [0.5, 0.6) is 5.75 Å². The maximum Gasteiger partial charge on any atom is 0.150 e. The van der Waals surface area contributed by atoms with Crippen LogP contribution in [0.3, 0.4) is 0 Å². The molecule has 0 spiro atoms. The molecule has 3 rings (SSSR count). The summed E-state index contributed by atoms with van der Waals surface area (Å²) < 4.78 is 18.7. The van der Waals surface area contributed by atoms with Crippen LogP contribution in [0.1, 0.15) is 24.8 Å². The maximum atomic E-state index is 13.7. The normalized spacial score (nSPS) is 24.5. The van der Waals surface area contributed by atoms with Crippen molar-refractivity contribution in [3.05, 3.63) is 23.5 Å². The van der Waals surface area contributed by atoms with E-state index in [1.807, 2.05) is 0 Å². The van der Waals surface area contributed by atoms with Gasteiger partial charge >= 0.3 is 0 Å². The molecule has 1 saturated carbocycles. The number of nitrogens with zero attached hydrogens (tertiary/aromatic N) is 1. The third kappa shape index (κ3) is 2.38. The predicted molar refractivity (Wildman–Crippen MR) is 76.9 cm³/mol. The van der Waals surface area contributed by atoms with Gasteiger partial charge in [0.05, 0.1) is 12.8 Å². The molecule has 2 aliphatic rings. The highest BCUT2D eigenvalue weighted by Crippen LogP contribution is 2.44. The first-order valence-corrected chi connectivity index (χ1v) is 7.05. The molecular weight excluding hydrogens is 257 g/mol. The van der Waals surface area contributed by atoms with Crippen molar-refractivity contribution in [2.45, 2.75) is 25.3 Å². The highest BCUT2D eigenvalue weighted by Gasteiger charge is 2.46. The van der Waals surface area contributed by atoms with Gasteiger partial charge in [0.25, 0.3) is 0 Å². The van der Waals surface area contributed by atoms with Crippen molar-refractivity contribution < 1.29 is 9.13 Å². The van der Waals surface area contributed by atoms with Gasteiger partial charge in [0.2, 0.25) is 0 Å². The number of nitrogens with two attached hydrogens (primary N) is 1. The zero-order chi connectivity index (χ0) is 14.3. The summed E-state index contributed by atoms with van der Waals surface area (Å²) in [4.78, 5) is 2.44. The average Bonchev–Trinajstić information content (AvgIpc) is 3.12. The minimum absolute atomic E-state index is 0.0431. The SMILES string of the molecule is COc1cc(F)c(N)c(C(=N)CCN2CCC3CC32)c1. The van der Waals surface area contributed by atoms with E-state index >= 15 is 0 Å². The highest BCUT2D eigenvalue weighted by molar-refractivity contribution is 6.03. The van der Waals surface area contributed by atoms with Gasteiger partial charge in [-0.05, 0) is 31.4 Å². The van der Waals surface area contributed by atoms with E-state index in [0.717, 1.165) is 25.0 Å². The number of ether oxygens (including phenoxy) is 1. The molecule has 1 aliphatic carbocycles. The molecule has 1 aromatic carbocycles. The molecule has 1 saturated heterocycles. The van der Waals surface area contributed by atoms with E-state index in [0.29, 0.717) is 23.4 Å². The summed E-state index contributed by atoms with van der Waals surface area (Å²) in [5, 5.41) is 8.15. The molecule has 0 radical (unpaired) electrons. The van der Waals surface area contributed by atoms with E-state index < -0.39 is 5.82 Å². The first-order chi connectivity index (χ1) is 9.60. The van der Waals surface area contributed by atoms with Gasteiger partial charge in [0.1, 0.15) is 11.6 Å². The zero-order valence-corrected chi connectivity index (χ0v) is 11.7. The number of nitrogens with one attached hydrogen (secondary N) is 1. The minimum Gasteiger partial charge on any atom is -0.497 e. The van der Waals surface area contributed by atoms with Crippen molar-refractivity contribution in [2.75, 3.05) is 25.9 Å². The summed E-state index contributed by atoms with van der Waals surface area (Å²) in [6.45, 7) is 1.99. The van der Waals surface area contributed by atoms with Crippen molar-refractivity contribution in [3.8, 4) is 5.75 Å². The summed E-state index contributed by atoms with van der Waals surface area (Å²) in [6, 6.07) is 3.63. The molecule has 20 heavy (non-hydrogen) atoms. The Morgan fingerprint density at radius 3 is 2.95 bits per heavy atom. The van der Waals surface area contributed by atoms with Gasteiger partial charge in [0.15, 0.2) is 0 Å². The Bertz CT molecular complexity index is 546.